The van der Waals surface area contributed by atoms with E-state index >= 15 is 0 Å². The molecule has 0 bridgehead atoms. The summed E-state index contributed by atoms with van der Waals surface area (Å²) in [6, 6.07) is 7.61. The molecule has 0 aliphatic heterocycles. The van der Waals surface area contributed by atoms with Gasteiger partial charge in [0.1, 0.15) is 5.75 Å². The topological polar surface area (TPSA) is 75.7 Å². The summed E-state index contributed by atoms with van der Waals surface area (Å²) in [5, 5.41) is 2.77. The molecule has 0 fully saturated rings. The quantitative estimate of drug-likeness (QED) is 0.692. The Bertz CT molecular complexity index is 629. The first-order valence-corrected chi connectivity index (χ1v) is 9.92. The van der Waals surface area contributed by atoms with E-state index in [4.69, 9.17) is 4.74 Å². The van der Waals surface area contributed by atoms with Gasteiger partial charge >= 0.3 is 0 Å². The minimum atomic E-state index is -3.39. The lowest BCUT2D eigenvalue weighted by atomic mass is 10.1. The zero-order chi connectivity index (χ0) is 18.2. The third kappa shape index (κ3) is 7.31. The number of rotatable bonds is 10. The van der Waals surface area contributed by atoms with Crippen LogP contribution in [0.1, 0.15) is 25.8 Å². The summed E-state index contributed by atoms with van der Waals surface area (Å²) in [5.74, 6) is 0.864. The average molecular weight is 356 g/mol. The number of sulfonamides is 1. The SMILES string of the molecule is COc1ccccc1CCNC(=O)CN(CCC(C)C)S(C)(=O)=O. The van der Waals surface area contributed by atoms with Crippen LogP contribution < -0.4 is 10.1 Å². The van der Waals surface area contributed by atoms with Crippen LogP contribution in [-0.2, 0) is 21.2 Å². The summed E-state index contributed by atoms with van der Waals surface area (Å²) in [5.41, 5.74) is 1.00. The normalized spacial score (nSPS) is 11.8. The van der Waals surface area contributed by atoms with Crippen LogP contribution in [0.15, 0.2) is 24.3 Å². The van der Waals surface area contributed by atoms with Gasteiger partial charge in [-0.3, -0.25) is 4.79 Å². The number of benzene rings is 1. The van der Waals surface area contributed by atoms with Crippen LogP contribution in [0.5, 0.6) is 5.75 Å². The highest BCUT2D eigenvalue weighted by Crippen LogP contribution is 2.17. The van der Waals surface area contributed by atoms with Crippen molar-refractivity contribution in [2.75, 3.05) is 33.0 Å². The van der Waals surface area contributed by atoms with Crippen LogP contribution in [0.3, 0.4) is 0 Å². The minimum absolute atomic E-state index is 0.141. The lowest BCUT2D eigenvalue weighted by Crippen LogP contribution is -2.41. The molecule has 1 amide bonds. The minimum Gasteiger partial charge on any atom is -0.496 e. The molecule has 0 atom stereocenters. The number of hydrogen-bond donors (Lipinski definition) is 1. The van der Waals surface area contributed by atoms with Gasteiger partial charge in [-0.15, -0.1) is 0 Å². The van der Waals surface area contributed by atoms with Crippen molar-refractivity contribution in [3.63, 3.8) is 0 Å². The maximum absolute atomic E-state index is 12.0. The van der Waals surface area contributed by atoms with Crippen molar-refractivity contribution < 1.29 is 17.9 Å². The maximum atomic E-state index is 12.0. The Kier molecular flexibility index (Phi) is 8.21. The summed E-state index contributed by atoms with van der Waals surface area (Å²) in [7, 11) is -1.78. The molecule has 0 aliphatic rings. The number of nitrogens with one attached hydrogen (secondary N) is 1. The Labute approximate surface area is 145 Å². The van der Waals surface area contributed by atoms with Crippen LogP contribution >= 0.6 is 0 Å². The molecule has 1 N–H and O–H groups in total. The first kappa shape index (κ1) is 20.4. The maximum Gasteiger partial charge on any atom is 0.235 e. The second kappa shape index (κ2) is 9.64. The molecular formula is C17H28N2O4S. The first-order valence-electron chi connectivity index (χ1n) is 8.07. The Morgan fingerprint density at radius 1 is 1.29 bits per heavy atom. The van der Waals surface area contributed by atoms with Gasteiger partial charge in [-0.05, 0) is 30.4 Å². The predicted octanol–water partition coefficient (Wildman–Crippen LogP) is 1.66. The van der Waals surface area contributed by atoms with Crippen molar-refractivity contribution in [2.45, 2.75) is 26.7 Å². The number of hydrogen-bond acceptors (Lipinski definition) is 4. The molecule has 0 saturated heterocycles. The van der Waals surface area contributed by atoms with E-state index in [-0.39, 0.29) is 12.5 Å². The number of carbonyl (C=O) groups excluding carboxylic acids is 1. The fourth-order valence-corrected chi connectivity index (χ4v) is 3.02. The van der Waals surface area contributed by atoms with Crippen LogP contribution in [0.25, 0.3) is 0 Å². The Hall–Kier alpha value is -1.60. The lowest BCUT2D eigenvalue weighted by molar-refractivity contribution is -0.121. The molecule has 0 aromatic heterocycles. The zero-order valence-corrected chi connectivity index (χ0v) is 15.7. The van der Waals surface area contributed by atoms with Crippen molar-refractivity contribution in [3.05, 3.63) is 29.8 Å². The van der Waals surface area contributed by atoms with Gasteiger partial charge in [-0.1, -0.05) is 32.0 Å². The monoisotopic (exact) mass is 356 g/mol. The Balaban J connectivity index is 2.51. The van der Waals surface area contributed by atoms with Crippen LogP contribution in [0.2, 0.25) is 0 Å². The molecule has 0 radical (unpaired) electrons. The highest BCUT2D eigenvalue weighted by molar-refractivity contribution is 7.88. The summed E-state index contributed by atoms with van der Waals surface area (Å²) >= 11 is 0. The zero-order valence-electron chi connectivity index (χ0n) is 14.9. The van der Waals surface area contributed by atoms with Crippen molar-refractivity contribution in [3.8, 4) is 5.75 Å². The van der Waals surface area contributed by atoms with Crippen molar-refractivity contribution >= 4 is 15.9 Å². The van der Waals surface area contributed by atoms with Crippen molar-refractivity contribution in [2.24, 2.45) is 5.92 Å². The van der Waals surface area contributed by atoms with E-state index in [1.165, 1.54) is 4.31 Å². The van der Waals surface area contributed by atoms with Gasteiger partial charge in [-0.25, -0.2) is 8.42 Å². The third-order valence-electron chi connectivity index (χ3n) is 3.65. The van der Waals surface area contributed by atoms with E-state index in [1.807, 2.05) is 38.1 Å². The van der Waals surface area contributed by atoms with E-state index in [0.717, 1.165) is 24.0 Å². The molecule has 0 heterocycles. The number of methoxy groups -OCH3 is 1. The molecule has 6 nitrogen and oxygen atoms in total. The molecule has 136 valence electrons. The van der Waals surface area contributed by atoms with Gasteiger partial charge in [0.2, 0.25) is 15.9 Å². The summed E-state index contributed by atoms with van der Waals surface area (Å²) in [6.45, 7) is 4.69. The largest absolute Gasteiger partial charge is 0.496 e. The van der Waals surface area contributed by atoms with Gasteiger partial charge in [0.05, 0.1) is 19.9 Å². The van der Waals surface area contributed by atoms with Gasteiger partial charge < -0.3 is 10.1 Å². The molecule has 1 rings (SSSR count). The number of carbonyl (C=O) groups is 1. The standard InChI is InChI=1S/C17H28N2O4S/c1-14(2)10-12-19(24(4,21)22)13-17(20)18-11-9-15-7-5-6-8-16(15)23-3/h5-8,14H,9-13H2,1-4H3,(H,18,20). The summed E-state index contributed by atoms with van der Waals surface area (Å²) in [4.78, 5) is 12.0. The van der Waals surface area contributed by atoms with Gasteiger partial charge in [0.15, 0.2) is 0 Å². The number of ether oxygens (including phenoxy) is 1. The molecule has 0 spiro atoms. The average Bonchev–Trinajstić information content (AvgIpc) is 2.50. The molecule has 0 aliphatic carbocycles. The molecule has 1 aromatic carbocycles. The van der Waals surface area contributed by atoms with E-state index < -0.39 is 10.0 Å². The Morgan fingerprint density at radius 2 is 1.96 bits per heavy atom. The molecule has 7 heteroatoms. The molecule has 1 aromatic rings. The van der Waals surface area contributed by atoms with E-state index in [2.05, 4.69) is 5.32 Å². The number of amides is 1. The highest BCUT2D eigenvalue weighted by atomic mass is 32.2. The van der Waals surface area contributed by atoms with Gasteiger partial charge in [0, 0.05) is 13.1 Å². The smallest absolute Gasteiger partial charge is 0.235 e. The lowest BCUT2D eigenvalue weighted by Gasteiger charge is -2.20. The highest BCUT2D eigenvalue weighted by Gasteiger charge is 2.20. The van der Waals surface area contributed by atoms with E-state index in [1.54, 1.807) is 7.11 Å². The fraction of sp³-hybridized carbons (Fsp3) is 0.588. The second-order valence-electron chi connectivity index (χ2n) is 6.19. The van der Waals surface area contributed by atoms with E-state index in [0.29, 0.717) is 25.4 Å². The molecule has 0 unspecified atom stereocenters. The van der Waals surface area contributed by atoms with Gasteiger partial charge in [0.25, 0.3) is 0 Å². The fourth-order valence-electron chi connectivity index (χ4n) is 2.23. The van der Waals surface area contributed by atoms with Crippen molar-refractivity contribution in [1.29, 1.82) is 0 Å². The van der Waals surface area contributed by atoms with Crippen LogP contribution in [0.4, 0.5) is 0 Å². The molecular weight excluding hydrogens is 328 g/mol. The number of nitrogens with zero attached hydrogens (tertiary/aromatic N) is 1. The molecule has 0 saturated carbocycles. The third-order valence-corrected chi connectivity index (χ3v) is 4.90. The predicted molar refractivity (Wildman–Crippen MR) is 95.6 cm³/mol. The summed E-state index contributed by atoms with van der Waals surface area (Å²) in [6.07, 6.45) is 2.48. The van der Waals surface area contributed by atoms with Crippen LogP contribution in [0, 0.1) is 5.92 Å². The molecule has 24 heavy (non-hydrogen) atoms. The summed E-state index contributed by atoms with van der Waals surface area (Å²) < 4.78 is 30.1. The van der Waals surface area contributed by atoms with E-state index in [9.17, 15) is 13.2 Å². The first-order chi connectivity index (χ1) is 11.2. The Morgan fingerprint density at radius 3 is 2.54 bits per heavy atom. The van der Waals surface area contributed by atoms with Crippen LogP contribution in [-0.4, -0.2) is 51.6 Å². The second-order valence-corrected chi connectivity index (χ2v) is 8.17. The van der Waals surface area contributed by atoms with Crippen molar-refractivity contribution in [1.82, 2.24) is 9.62 Å². The number of para-hydroxylation sites is 1. The van der Waals surface area contributed by atoms with Gasteiger partial charge in [-0.2, -0.15) is 4.31 Å².